The molecule has 26 heavy (non-hydrogen) atoms. The summed E-state index contributed by atoms with van der Waals surface area (Å²) in [6.45, 7) is -0.492. The second-order valence-corrected chi connectivity index (χ2v) is 6.99. The van der Waals surface area contributed by atoms with Gasteiger partial charge in [0.1, 0.15) is 0 Å². The Balaban J connectivity index is 0.00000169. The van der Waals surface area contributed by atoms with E-state index in [4.69, 9.17) is 20.5 Å². The van der Waals surface area contributed by atoms with Crippen molar-refractivity contribution < 1.29 is 86.9 Å². The summed E-state index contributed by atoms with van der Waals surface area (Å²) in [4.78, 5) is 25.6. The van der Waals surface area contributed by atoms with Crippen LogP contribution < -0.4 is 68.9 Å². The van der Waals surface area contributed by atoms with Crippen LogP contribution in [0.3, 0.4) is 0 Å². The van der Waals surface area contributed by atoms with E-state index in [9.17, 15) is 14.4 Å². The average molecular weight is 480 g/mol. The molecule has 1 aromatic carbocycles. The monoisotopic (exact) mass is 478 g/mol. The Kier molecular flexibility index (Phi) is 9.77. The van der Waals surface area contributed by atoms with Crippen LogP contribution in [0.1, 0.15) is 5.56 Å². The van der Waals surface area contributed by atoms with Crippen LogP contribution in [0.2, 0.25) is 5.02 Å². The largest absolute Gasteiger partial charge is 1.00 e. The number of furan rings is 1. The number of benzene rings is 1. The number of hydrogen-bond acceptors (Lipinski definition) is 8. The van der Waals surface area contributed by atoms with E-state index in [-0.39, 0.29) is 70.8 Å². The maximum Gasteiger partial charge on any atom is 1.00 e. The Morgan fingerprint density at radius 3 is 2.62 bits per heavy atom. The number of aromatic nitrogens is 2. The van der Waals surface area contributed by atoms with Gasteiger partial charge in [-0.05, 0) is 45.8 Å². The molecule has 2 aromatic heterocycles. The van der Waals surface area contributed by atoms with Crippen LogP contribution in [0.4, 0.5) is 0 Å². The van der Waals surface area contributed by atoms with Gasteiger partial charge in [0.2, 0.25) is 11.6 Å². The Hall–Kier alpha value is 0.520. The molecule has 0 N–H and O–H groups in total. The molecule has 2 heterocycles. The zero-order valence-electron chi connectivity index (χ0n) is 13.6. The van der Waals surface area contributed by atoms with Gasteiger partial charge in [-0.15, -0.1) is 0 Å². The standard InChI is InChI=1S/C13H9BrClN2O6P.2Na/c14-10-3-4-21-11(10)13-16-12(17-23-13)9-2-1-8(15)5-7(9)6-22-24(18,19)20;;/h1-5H,6H2,(H2,18,19,20);;/q;2*+1/p-2. The number of hydrogen-bond donors (Lipinski definition) is 0. The van der Waals surface area contributed by atoms with Crippen LogP contribution in [0, 0.1) is 0 Å². The number of phosphoric ester groups is 1. The Bertz CT molecular complexity index is 931. The smallest absolute Gasteiger partial charge is 0.790 e. The summed E-state index contributed by atoms with van der Waals surface area (Å²) in [5.74, 6) is 0.640. The molecule has 0 bridgehead atoms. The molecule has 0 fully saturated rings. The number of phosphoric acid groups is 1. The van der Waals surface area contributed by atoms with Gasteiger partial charge in [-0.1, -0.05) is 16.8 Å². The summed E-state index contributed by atoms with van der Waals surface area (Å²) in [5.41, 5.74) is 0.728. The molecule has 0 spiro atoms. The molecule has 0 radical (unpaired) electrons. The van der Waals surface area contributed by atoms with Gasteiger partial charge in [0.05, 0.1) is 25.2 Å². The van der Waals surface area contributed by atoms with Gasteiger partial charge < -0.3 is 27.8 Å². The van der Waals surface area contributed by atoms with Gasteiger partial charge >= 0.3 is 59.1 Å². The van der Waals surface area contributed by atoms with Crippen LogP contribution in [0.25, 0.3) is 23.0 Å². The van der Waals surface area contributed by atoms with Crippen molar-refractivity contribution in [2.24, 2.45) is 0 Å². The zero-order valence-corrected chi connectivity index (χ0v) is 20.9. The fourth-order valence-electron chi connectivity index (χ4n) is 1.92. The Morgan fingerprint density at radius 1 is 1.27 bits per heavy atom. The van der Waals surface area contributed by atoms with Crippen molar-refractivity contribution in [3.05, 3.63) is 45.6 Å². The second-order valence-electron chi connectivity index (χ2n) is 4.54. The predicted molar refractivity (Wildman–Crippen MR) is 82.5 cm³/mol. The molecule has 0 saturated carbocycles. The third-order valence-electron chi connectivity index (χ3n) is 2.92. The first-order chi connectivity index (χ1) is 11.3. The molecule has 0 aliphatic carbocycles. The van der Waals surface area contributed by atoms with Gasteiger partial charge in [-0.3, -0.25) is 0 Å². The first kappa shape index (κ1) is 24.6. The molecule has 3 aromatic rings. The topological polar surface area (TPSA) is 124 Å². The second kappa shape index (κ2) is 10.3. The molecule has 0 unspecified atom stereocenters. The summed E-state index contributed by atoms with van der Waals surface area (Å²) in [7, 11) is -5.13. The van der Waals surface area contributed by atoms with E-state index in [2.05, 4.69) is 30.6 Å². The Morgan fingerprint density at radius 2 is 2.00 bits per heavy atom. The van der Waals surface area contributed by atoms with Crippen LogP contribution in [0.15, 0.2) is 43.9 Å². The van der Waals surface area contributed by atoms with Gasteiger partial charge in [-0.2, -0.15) is 4.98 Å². The molecular weight excluding hydrogens is 472 g/mol. The van der Waals surface area contributed by atoms with Crippen molar-refractivity contribution in [1.82, 2.24) is 10.1 Å². The number of rotatable bonds is 5. The Labute approximate surface area is 205 Å². The molecule has 126 valence electrons. The van der Waals surface area contributed by atoms with Crippen molar-refractivity contribution in [3.63, 3.8) is 0 Å². The van der Waals surface area contributed by atoms with E-state index < -0.39 is 14.4 Å². The number of halogens is 2. The fourth-order valence-corrected chi connectivity index (χ4v) is 2.78. The van der Waals surface area contributed by atoms with Gasteiger partial charge in [0.15, 0.2) is 0 Å². The molecule has 0 aliphatic rings. The fraction of sp³-hybridized carbons (Fsp3) is 0.0769. The molecule has 0 saturated heterocycles. The first-order valence-corrected chi connectivity index (χ1v) is 8.99. The maximum absolute atomic E-state index is 10.7. The van der Waals surface area contributed by atoms with Crippen molar-refractivity contribution >= 4 is 35.4 Å². The van der Waals surface area contributed by atoms with Crippen LogP contribution >= 0.6 is 35.4 Å². The minimum Gasteiger partial charge on any atom is -0.790 e. The van der Waals surface area contributed by atoms with Crippen molar-refractivity contribution in [3.8, 4) is 23.0 Å². The molecule has 8 nitrogen and oxygen atoms in total. The quantitative estimate of drug-likeness (QED) is 0.276. The van der Waals surface area contributed by atoms with E-state index >= 15 is 0 Å². The van der Waals surface area contributed by atoms with Crippen molar-refractivity contribution in [2.75, 3.05) is 0 Å². The predicted octanol–water partition coefficient (Wildman–Crippen LogP) is -3.23. The summed E-state index contributed by atoms with van der Waals surface area (Å²) in [5, 5.41) is 4.16. The third kappa shape index (κ3) is 6.27. The normalized spacial score (nSPS) is 10.9. The SMILES string of the molecule is O=P([O-])([O-])OCc1cc(Cl)ccc1-c1noc(-c2occc2Br)n1.[Na+].[Na+]. The summed E-state index contributed by atoms with van der Waals surface area (Å²) < 4.78 is 26.0. The summed E-state index contributed by atoms with van der Waals surface area (Å²) in [6, 6.07) is 6.24. The first-order valence-electron chi connectivity index (χ1n) is 6.36. The van der Waals surface area contributed by atoms with E-state index in [1.54, 1.807) is 18.2 Å². The van der Waals surface area contributed by atoms with E-state index in [0.717, 1.165) is 0 Å². The minimum absolute atomic E-state index is 0. The van der Waals surface area contributed by atoms with Crippen molar-refractivity contribution in [2.45, 2.75) is 6.61 Å². The number of nitrogens with zero attached hydrogens (tertiary/aromatic N) is 2. The molecular formula is C13H7BrClN2Na2O6P. The minimum atomic E-state index is -5.13. The molecule has 13 heteroatoms. The summed E-state index contributed by atoms with van der Waals surface area (Å²) in [6.07, 6.45) is 1.45. The molecule has 0 atom stereocenters. The van der Waals surface area contributed by atoms with Crippen LogP contribution in [-0.4, -0.2) is 10.1 Å². The maximum atomic E-state index is 10.7. The molecule has 0 aliphatic heterocycles. The molecule has 0 amide bonds. The van der Waals surface area contributed by atoms with Gasteiger partial charge in [0.25, 0.3) is 5.89 Å². The van der Waals surface area contributed by atoms with Crippen molar-refractivity contribution in [1.29, 1.82) is 0 Å². The van der Waals surface area contributed by atoms with Crippen LogP contribution in [-0.2, 0) is 15.7 Å². The third-order valence-corrected chi connectivity index (χ3v) is 4.23. The van der Waals surface area contributed by atoms with Crippen LogP contribution in [0.5, 0.6) is 0 Å². The zero-order chi connectivity index (χ0) is 17.3. The van der Waals surface area contributed by atoms with Gasteiger partial charge in [0, 0.05) is 10.6 Å². The average Bonchev–Trinajstić information content (AvgIpc) is 3.13. The van der Waals surface area contributed by atoms with E-state index in [1.807, 2.05) is 0 Å². The van der Waals surface area contributed by atoms with E-state index in [1.165, 1.54) is 12.3 Å². The molecule has 3 rings (SSSR count). The van der Waals surface area contributed by atoms with E-state index in [0.29, 0.717) is 26.4 Å². The summed E-state index contributed by atoms with van der Waals surface area (Å²) >= 11 is 9.17. The van der Waals surface area contributed by atoms with Gasteiger partial charge in [-0.25, -0.2) is 0 Å².